The SMILES string of the molecule is C=CCN1C[C@H](C(=O)N2CCOCC2)C=C2c3cccc4[nH]cc(c34)C[C@H]21. The smallest absolute Gasteiger partial charge is 0.230 e. The van der Waals surface area contributed by atoms with Crippen LogP contribution in [0.3, 0.4) is 0 Å². The quantitative estimate of drug-likeness (QED) is 0.853. The molecule has 2 aromatic rings. The molecule has 1 aromatic carbocycles. The Kier molecular flexibility index (Phi) is 4.14. The predicted molar refractivity (Wildman–Crippen MR) is 106 cm³/mol. The predicted octanol–water partition coefficient (Wildman–Crippen LogP) is 2.45. The molecular formula is C22H25N3O2. The standard InChI is InChI=1S/C22H25N3O2/c1-2-6-25-14-16(22(26)24-7-9-27-10-8-24)11-18-17-4-3-5-19-21(17)15(13-23-19)12-20(18)25/h2-5,11,13,16,20,23H,1,6-10,12,14H2/t16-,20-/m1/s1. The summed E-state index contributed by atoms with van der Waals surface area (Å²) < 4.78 is 5.42. The van der Waals surface area contributed by atoms with Crippen molar-refractivity contribution < 1.29 is 9.53 Å². The largest absolute Gasteiger partial charge is 0.378 e. The van der Waals surface area contributed by atoms with Crippen LogP contribution < -0.4 is 0 Å². The van der Waals surface area contributed by atoms with Gasteiger partial charge in [-0.1, -0.05) is 24.3 Å². The molecule has 2 atom stereocenters. The van der Waals surface area contributed by atoms with Crippen molar-refractivity contribution in [3.05, 3.63) is 54.3 Å². The van der Waals surface area contributed by atoms with Crippen molar-refractivity contribution >= 4 is 22.4 Å². The van der Waals surface area contributed by atoms with E-state index in [0.717, 1.165) is 19.5 Å². The number of morpholine rings is 1. The molecule has 0 spiro atoms. The normalized spacial score (nSPS) is 25.2. The molecule has 0 unspecified atom stereocenters. The Hall–Kier alpha value is -2.37. The molecule has 1 saturated heterocycles. The van der Waals surface area contributed by atoms with E-state index in [4.69, 9.17) is 4.74 Å². The Balaban J connectivity index is 1.57. The number of aromatic nitrogens is 1. The van der Waals surface area contributed by atoms with Crippen molar-refractivity contribution in [2.45, 2.75) is 12.5 Å². The summed E-state index contributed by atoms with van der Waals surface area (Å²) in [6, 6.07) is 6.74. The zero-order valence-corrected chi connectivity index (χ0v) is 15.5. The minimum Gasteiger partial charge on any atom is -0.378 e. The van der Waals surface area contributed by atoms with E-state index in [0.29, 0.717) is 32.3 Å². The van der Waals surface area contributed by atoms with Crippen LogP contribution in [0.1, 0.15) is 11.1 Å². The minimum atomic E-state index is -0.106. The molecule has 2 aliphatic heterocycles. The first-order valence-electron chi connectivity index (χ1n) is 9.79. The van der Waals surface area contributed by atoms with Gasteiger partial charge in [0, 0.05) is 49.3 Å². The lowest BCUT2D eigenvalue weighted by Crippen LogP contribution is -2.51. The molecule has 1 aliphatic carbocycles. The number of aromatic amines is 1. The summed E-state index contributed by atoms with van der Waals surface area (Å²) in [5.41, 5.74) is 5.12. The lowest BCUT2D eigenvalue weighted by molar-refractivity contribution is -0.138. The fourth-order valence-electron chi connectivity index (χ4n) is 4.87. The molecular weight excluding hydrogens is 338 g/mol. The van der Waals surface area contributed by atoms with E-state index in [1.54, 1.807) is 0 Å². The third kappa shape index (κ3) is 2.73. The first-order chi connectivity index (χ1) is 13.3. The molecule has 1 N–H and O–H groups in total. The number of carbonyl (C=O) groups is 1. The molecule has 0 saturated carbocycles. The van der Waals surface area contributed by atoms with Crippen LogP contribution in [0, 0.1) is 5.92 Å². The highest BCUT2D eigenvalue weighted by Gasteiger charge is 2.38. The van der Waals surface area contributed by atoms with Crippen LogP contribution in [0.2, 0.25) is 0 Å². The fraction of sp³-hybridized carbons (Fsp3) is 0.409. The first-order valence-corrected chi connectivity index (χ1v) is 9.79. The van der Waals surface area contributed by atoms with Crippen molar-refractivity contribution in [1.29, 1.82) is 0 Å². The summed E-state index contributed by atoms with van der Waals surface area (Å²) >= 11 is 0. The number of nitrogens with one attached hydrogen (secondary N) is 1. The van der Waals surface area contributed by atoms with Crippen LogP contribution in [-0.2, 0) is 16.0 Å². The zero-order valence-electron chi connectivity index (χ0n) is 15.5. The number of amides is 1. The molecule has 0 bridgehead atoms. The average Bonchev–Trinajstić information content (AvgIpc) is 3.13. The number of H-pyrrole nitrogens is 1. The van der Waals surface area contributed by atoms with Crippen LogP contribution in [-0.4, -0.2) is 66.1 Å². The minimum absolute atomic E-state index is 0.106. The van der Waals surface area contributed by atoms with E-state index in [2.05, 4.69) is 46.9 Å². The van der Waals surface area contributed by atoms with Crippen LogP contribution in [0.25, 0.3) is 16.5 Å². The van der Waals surface area contributed by atoms with Gasteiger partial charge in [0.15, 0.2) is 0 Å². The average molecular weight is 363 g/mol. The summed E-state index contributed by atoms with van der Waals surface area (Å²) in [4.78, 5) is 21.0. The Bertz CT molecular complexity index is 923. The maximum absolute atomic E-state index is 13.2. The number of benzene rings is 1. The highest BCUT2D eigenvalue weighted by Crippen LogP contribution is 2.41. The van der Waals surface area contributed by atoms with E-state index in [1.165, 1.54) is 27.6 Å². The van der Waals surface area contributed by atoms with Gasteiger partial charge in [-0.25, -0.2) is 0 Å². The summed E-state index contributed by atoms with van der Waals surface area (Å²) in [5, 5.41) is 1.32. The van der Waals surface area contributed by atoms with Crippen LogP contribution in [0.15, 0.2) is 43.1 Å². The number of hydrogen-bond acceptors (Lipinski definition) is 3. The molecule has 140 valence electrons. The van der Waals surface area contributed by atoms with Gasteiger partial charge in [-0.3, -0.25) is 9.69 Å². The number of carbonyl (C=O) groups excluding carboxylic acids is 1. The second kappa shape index (κ2) is 6.66. The Morgan fingerprint density at radius 3 is 3.00 bits per heavy atom. The number of fused-ring (bicyclic) bond motifs is 2. The monoisotopic (exact) mass is 363 g/mol. The van der Waals surface area contributed by atoms with Crippen molar-refractivity contribution in [1.82, 2.24) is 14.8 Å². The zero-order chi connectivity index (χ0) is 18.4. The van der Waals surface area contributed by atoms with E-state index < -0.39 is 0 Å². The van der Waals surface area contributed by atoms with E-state index in [9.17, 15) is 4.79 Å². The molecule has 5 nitrogen and oxygen atoms in total. The Morgan fingerprint density at radius 2 is 2.19 bits per heavy atom. The van der Waals surface area contributed by atoms with Crippen molar-refractivity contribution in [3.8, 4) is 0 Å². The number of hydrogen-bond donors (Lipinski definition) is 1. The summed E-state index contributed by atoms with van der Waals surface area (Å²) in [6.45, 7) is 8.17. The van der Waals surface area contributed by atoms with Gasteiger partial charge in [-0.05, 0) is 29.2 Å². The van der Waals surface area contributed by atoms with Gasteiger partial charge in [-0.2, -0.15) is 0 Å². The molecule has 27 heavy (non-hydrogen) atoms. The van der Waals surface area contributed by atoms with Gasteiger partial charge in [0.2, 0.25) is 5.91 Å². The first kappa shape index (κ1) is 16.8. The maximum atomic E-state index is 13.2. The third-order valence-corrected chi connectivity index (χ3v) is 6.13. The highest BCUT2D eigenvalue weighted by atomic mass is 16.5. The number of nitrogens with zero attached hydrogens (tertiary/aromatic N) is 2. The van der Waals surface area contributed by atoms with E-state index in [1.807, 2.05) is 11.0 Å². The molecule has 1 fully saturated rings. The second-order valence-electron chi connectivity index (χ2n) is 7.67. The molecule has 1 amide bonds. The van der Waals surface area contributed by atoms with Gasteiger partial charge in [0.1, 0.15) is 0 Å². The van der Waals surface area contributed by atoms with Crippen molar-refractivity contribution in [3.63, 3.8) is 0 Å². The highest BCUT2D eigenvalue weighted by molar-refractivity contribution is 5.99. The lowest BCUT2D eigenvalue weighted by atomic mass is 9.79. The maximum Gasteiger partial charge on any atom is 0.230 e. The summed E-state index contributed by atoms with van der Waals surface area (Å²) in [5.74, 6) is 0.121. The third-order valence-electron chi connectivity index (χ3n) is 6.13. The molecule has 1 aromatic heterocycles. The van der Waals surface area contributed by atoms with Gasteiger partial charge < -0.3 is 14.6 Å². The van der Waals surface area contributed by atoms with Crippen molar-refractivity contribution in [2.24, 2.45) is 5.92 Å². The van der Waals surface area contributed by atoms with Gasteiger partial charge in [0.05, 0.1) is 19.1 Å². The molecule has 5 rings (SSSR count). The molecule has 3 aliphatic rings. The second-order valence-corrected chi connectivity index (χ2v) is 7.67. The summed E-state index contributed by atoms with van der Waals surface area (Å²) in [7, 11) is 0. The number of rotatable bonds is 3. The van der Waals surface area contributed by atoms with E-state index >= 15 is 0 Å². The molecule has 3 heterocycles. The van der Waals surface area contributed by atoms with Crippen LogP contribution >= 0.6 is 0 Å². The topological polar surface area (TPSA) is 48.6 Å². The van der Waals surface area contributed by atoms with Gasteiger partial charge in [-0.15, -0.1) is 6.58 Å². The molecule has 0 radical (unpaired) electrons. The van der Waals surface area contributed by atoms with Crippen LogP contribution in [0.5, 0.6) is 0 Å². The van der Waals surface area contributed by atoms with Crippen molar-refractivity contribution in [2.75, 3.05) is 39.4 Å². The van der Waals surface area contributed by atoms with Gasteiger partial charge >= 0.3 is 0 Å². The Labute approximate surface area is 159 Å². The summed E-state index contributed by atoms with van der Waals surface area (Å²) in [6.07, 6.45) is 7.32. The number of ether oxygens (including phenoxy) is 1. The lowest BCUT2D eigenvalue weighted by Gasteiger charge is -2.42. The molecule has 5 heteroatoms. The van der Waals surface area contributed by atoms with E-state index in [-0.39, 0.29) is 11.8 Å². The fourth-order valence-corrected chi connectivity index (χ4v) is 4.87. The van der Waals surface area contributed by atoms with Crippen LogP contribution in [0.4, 0.5) is 0 Å². The Morgan fingerprint density at radius 1 is 1.33 bits per heavy atom. The van der Waals surface area contributed by atoms with Gasteiger partial charge in [0.25, 0.3) is 0 Å².